The van der Waals surface area contributed by atoms with Crippen molar-refractivity contribution in [2.45, 2.75) is 44.8 Å². The molecule has 20 heavy (non-hydrogen) atoms. The van der Waals surface area contributed by atoms with Gasteiger partial charge in [0.05, 0.1) is 0 Å². The van der Waals surface area contributed by atoms with Gasteiger partial charge < -0.3 is 10.6 Å². The largest absolute Gasteiger partial charge is 0.326 e. The van der Waals surface area contributed by atoms with Crippen LogP contribution in [0.2, 0.25) is 0 Å². The van der Waals surface area contributed by atoms with Crippen LogP contribution in [0.4, 0.5) is 0 Å². The molecule has 2 rings (SSSR count). The molecule has 0 bridgehead atoms. The second-order valence-corrected chi connectivity index (χ2v) is 6.39. The zero-order chi connectivity index (χ0) is 14.7. The lowest BCUT2D eigenvalue weighted by Crippen LogP contribution is -2.47. The smallest absolute Gasteiger partial charge is 0.0499 e. The van der Waals surface area contributed by atoms with E-state index in [0.717, 1.165) is 19.1 Å². The van der Waals surface area contributed by atoms with Gasteiger partial charge in [-0.05, 0) is 51.9 Å². The van der Waals surface area contributed by atoms with E-state index in [4.69, 9.17) is 5.73 Å². The Morgan fingerprint density at radius 2 is 1.80 bits per heavy atom. The average molecular weight is 275 g/mol. The molecule has 1 aliphatic rings. The first-order valence-electron chi connectivity index (χ1n) is 7.72. The van der Waals surface area contributed by atoms with Gasteiger partial charge in [-0.25, -0.2) is 0 Å². The molecule has 0 spiro atoms. The van der Waals surface area contributed by atoms with Gasteiger partial charge in [0.25, 0.3) is 0 Å². The topological polar surface area (TPSA) is 32.5 Å². The van der Waals surface area contributed by atoms with Crippen molar-refractivity contribution in [3.05, 3.63) is 35.4 Å². The fourth-order valence-corrected chi connectivity index (χ4v) is 3.41. The molecular formula is C17H29N3. The Kier molecular flexibility index (Phi) is 5.19. The van der Waals surface area contributed by atoms with Crippen molar-refractivity contribution in [3.63, 3.8) is 0 Å². The molecule has 1 fully saturated rings. The van der Waals surface area contributed by atoms with E-state index in [9.17, 15) is 0 Å². The standard InChI is InChI=1S/C17H29N3/c1-13-7-5-6-8-16(13)17(14(2)18)20-11-9-15(10-12-20)19(3)4/h5-8,14-15,17H,9-12,18H2,1-4H3. The van der Waals surface area contributed by atoms with Gasteiger partial charge in [-0.1, -0.05) is 24.3 Å². The zero-order valence-corrected chi connectivity index (χ0v) is 13.3. The van der Waals surface area contributed by atoms with Crippen LogP contribution < -0.4 is 5.73 Å². The van der Waals surface area contributed by atoms with Gasteiger partial charge in [0, 0.05) is 31.2 Å². The second kappa shape index (κ2) is 6.70. The highest BCUT2D eigenvalue weighted by Gasteiger charge is 2.29. The van der Waals surface area contributed by atoms with Crippen molar-refractivity contribution < 1.29 is 0 Å². The van der Waals surface area contributed by atoms with E-state index in [-0.39, 0.29) is 6.04 Å². The van der Waals surface area contributed by atoms with Crippen molar-refractivity contribution in [3.8, 4) is 0 Å². The average Bonchev–Trinajstić information content (AvgIpc) is 2.41. The molecular weight excluding hydrogens is 246 g/mol. The minimum absolute atomic E-state index is 0.159. The van der Waals surface area contributed by atoms with Crippen LogP contribution in [0, 0.1) is 6.92 Å². The quantitative estimate of drug-likeness (QED) is 0.916. The summed E-state index contributed by atoms with van der Waals surface area (Å²) in [6, 6.07) is 9.89. The lowest BCUT2D eigenvalue weighted by atomic mass is 9.92. The van der Waals surface area contributed by atoms with Gasteiger partial charge in [0.1, 0.15) is 0 Å². The number of hydrogen-bond donors (Lipinski definition) is 1. The minimum atomic E-state index is 0.159. The molecule has 0 amide bonds. The number of rotatable bonds is 4. The highest BCUT2D eigenvalue weighted by atomic mass is 15.2. The van der Waals surface area contributed by atoms with Crippen LogP contribution in [0.5, 0.6) is 0 Å². The highest BCUT2D eigenvalue weighted by Crippen LogP contribution is 2.29. The molecule has 112 valence electrons. The first-order valence-corrected chi connectivity index (χ1v) is 7.72. The first-order chi connectivity index (χ1) is 9.50. The Labute approximate surface area is 123 Å². The lowest BCUT2D eigenvalue weighted by molar-refractivity contribution is 0.0980. The maximum atomic E-state index is 6.31. The van der Waals surface area contributed by atoms with Crippen molar-refractivity contribution in [2.75, 3.05) is 27.2 Å². The van der Waals surface area contributed by atoms with E-state index >= 15 is 0 Å². The SMILES string of the molecule is Cc1ccccc1C(C(C)N)N1CCC(N(C)C)CC1. The normalized spacial score (nSPS) is 21.1. The van der Waals surface area contributed by atoms with Gasteiger partial charge in [0.2, 0.25) is 0 Å². The predicted molar refractivity (Wildman–Crippen MR) is 85.9 cm³/mol. The highest BCUT2D eigenvalue weighted by molar-refractivity contribution is 5.30. The van der Waals surface area contributed by atoms with Gasteiger partial charge in [-0.15, -0.1) is 0 Å². The lowest BCUT2D eigenvalue weighted by Gasteiger charge is -2.41. The first kappa shape index (κ1) is 15.5. The molecule has 1 saturated heterocycles. The van der Waals surface area contributed by atoms with Gasteiger partial charge in [0.15, 0.2) is 0 Å². The van der Waals surface area contributed by atoms with Crippen LogP contribution >= 0.6 is 0 Å². The van der Waals surface area contributed by atoms with E-state index in [2.05, 4.69) is 62.0 Å². The molecule has 1 aromatic carbocycles. The minimum Gasteiger partial charge on any atom is -0.326 e. The molecule has 1 aliphatic heterocycles. The molecule has 1 heterocycles. The van der Waals surface area contributed by atoms with E-state index in [1.165, 1.54) is 24.0 Å². The van der Waals surface area contributed by atoms with E-state index in [1.807, 2.05) is 0 Å². The molecule has 1 aromatic rings. The summed E-state index contributed by atoms with van der Waals surface area (Å²) in [6.45, 7) is 6.61. The summed E-state index contributed by atoms with van der Waals surface area (Å²) in [5.74, 6) is 0. The van der Waals surface area contributed by atoms with Crippen LogP contribution in [0.15, 0.2) is 24.3 Å². The number of likely N-dealkylation sites (tertiary alicyclic amines) is 1. The summed E-state index contributed by atoms with van der Waals surface area (Å²) < 4.78 is 0. The van der Waals surface area contributed by atoms with Crippen molar-refractivity contribution in [2.24, 2.45) is 5.73 Å². The van der Waals surface area contributed by atoms with Gasteiger partial charge in [-0.2, -0.15) is 0 Å². The molecule has 3 nitrogen and oxygen atoms in total. The van der Waals surface area contributed by atoms with E-state index < -0.39 is 0 Å². The molecule has 2 atom stereocenters. The number of nitrogens with two attached hydrogens (primary N) is 1. The van der Waals surface area contributed by atoms with Crippen LogP contribution in [-0.2, 0) is 0 Å². The van der Waals surface area contributed by atoms with E-state index in [1.54, 1.807) is 0 Å². The van der Waals surface area contributed by atoms with E-state index in [0.29, 0.717) is 6.04 Å². The number of hydrogen-bond acceptors (Lipinski definition) is 3. The van der Waals surface area contributed by atoms with Crippen LogP contribution in [0.3, 0.4) is 0 Å². The van der Waals surface area contributed by atoms with Crippen molar-refractivity contribution >= 4 is 0 Å². The Hall–Kier alpha value is -0.900. The Bertz CT molecular complexity index is 420. The summed E-state index contributed by atoms with van der Waals surface area (Å²) in [5.41, 5.74) is 9.06. The maximum Gasteiger partial charge on any atom is 0.0499 e. The third kappa shape index (κ3) is 3.40. The molecule has 2 N–H and O–H groups in total. The molecule has 0 saturated carbocycles. The zero-order valence-electron chi connectivity index (χ0n) is 13.3. The summed E-state index contributed by atoms with van der Waals surface area (Å²) in [6.07, 6.45) is 2.48. The molecule has 0 aromatic heterocycles. The predicted octanol–water partition coefficient (Wildman–Crippen LogP) is 2.41. The fraction of sp³-hybridized carbons (Fsp3) is 0.647. The summed E-state index contributed by atoms with van der Waals surface area (Å²) in [7, 11) is 4.37. The Morgan fingerprint density at radius 3 is 2.30 bits per heavy atom. The third-order valence-corrected chi connectivity index (χ3v) is 4.63. The second-order valence-electron chi connectivity index (χ2n) is 6.39. The molecule has 0 aliphatic carbocycles. The molecule has 3 heteroatoms. The number of aryl methyl sites for hydroxylation is 1. The number of nitrogens with zero attached hydrogens (tertiary/aromatic N) is 2. The summed E-state index contributed by atoms with van der Waals surface area (Å²) in [5, 5.41) is 0. The van der Waals surface area contributed by atoms with Crippen LogP contribution in [0.1, 0.15) is 36.9 Å². The third-order valence-electron chi connectivity index (χ3n) is 4.63. The van der Waals surface area contributed by atoms with Crippen molar-refractivity contribution in [1.82, 2.24) is 9.80 Å². The maximum absolute atomic E-state index is 6.31. The van der Waals surface area contributed by atoms with Crippen molar-refractivity contribution in [1.29, 1.82) is 0 Å². The number of benzene rings is 1. The fourth-order valence-electron chi connectivity index (χ4n) is 3.41. The summed E-state index contributed by atoms with van der Waals surface area (Å²) in [4.78, 5) is 4.93. The summed E-state index contributed by atoms with van der Waals surface area (Å²) >= 11 is 0. The number of piperidine rings is 1. The molecule has 2 unspecified atom stereocenters. The Balaban J connectivity index is 2.13. The monoisotopic (exact) mass is 275 g/mol. The molecule has 0 radical (unpaired) electrons. The Morgan fingerprint density at radius 1 is 1.20 bits per heavy atom. The van der Waals surface area contributed by atoms with Gasteiger partial charge >= 0.3 is 0 Å². The van der Waals surface area contributed by atoms with Crippen LogP contribution in [0.25, 0.3) is 0 Å². The van der Waals surface area contributed by atoms with Gasteiger partial charge in [-0.3, -0.25) is 4.90 Å². The van der Waals surface area contributed by atoms with Crippen LogP contribution in [-0.4, -0.2) is 49.1 Å².